The van der Waals surface area contributed by atoms with Gasteiger partial charge in [0.25, 0.3) is 0 Å². The predicted octanol–water partition coefficient (Wildman–Crippen LogP) is -0.820. The van der Waals surface area contributed by atoms with E-state index in [2.05, 4.69) is 0 Å². The molecule has 0 unspecified atom stereocenters. The summed E-state index contributed by atoms with van der Waals surface area (Å²) in [7, 11) is 3.72. The van der Waals surface area contributed by atoms with Crippen LogP contribution in [0.1, 0.15) is 12.8 Å². The molecule has 0 saturated heterocycles. The molecule has 0 aromatic rings. The summed E-state index contributed by atoms with van der Waals surface area (Å²) in [6, 6.07) is 0. The minimum absolute atomic E-state index is 0. The maximum absolute atomic E-state index is 11.6. The first-order valence-electron chi connectivity index (χ1n) is 3.77. The second kappa shape index (κ2) is 7.82. The molecule has 0 fully saturated rings. The van der Waals surface area contributed by atoms with Crippen LogP contribution in [0.4, 0.5) is 12.9 Å². The first-order valence-corrected chi connectivity index (χ1v) is 3.77. The molecule has 0 radical (unpaired) electrons. The van der Waals surface area contributed by atoms with Crippen LogP contribution in [0.3, 0.4) is 0 Å². The van der Waals surface area contributed by atoms with Crippen molar-refractivity contribution in [3.8, 4) is 0 Å². The molecular weight excluding hydrogens is 193 g/mol. The van der Waals surface area contributed by atoms with Gasteiger partial charge in [-0.1, -0.05) is 12.7 Å². The summed E-state index contributed by atoms with van der Waals surface area (Å²) in [4.78, 5) is 1.89. The van der Waals surface area contributed by atoms with Crippen LogP contribution in [-0.2, 0) is 0 Å². The third-order valence-corrected chi connectivity index (χ3v) is 1.39. The molecule has 0 N–H and O–H groups in total. The van der Waals surface area contributed by atoms with Crippen molar-refractivity contribution in [2.24, 2.45) is 0 Å². The molecule has 0 aromatic heterocycles. The van der Waals surface area contributed by atoms with Gasteiger partial charge < -0.3 is 17.8 Å². The summed E-state index contributed by atoms with van der Waals surface area (Å²) in [5.74, 6) is 0. The quantitative estimate of drug-likeness (QED) is 0.420. The van der Waals surface area contributed by atoms with Crippen LogP contribution < -0.4 is 51.4 Å². The number of halogens is 3. The molecule has 0 heterocycles. The van der Waals surface area contributed by atoms with E-state index in [9.17, 15) is 12.9 Å². The van der Waals surface area contributed by atoms with E-state index in [0.717, 1.165) is 6.54 Å². The molecule has 0 aliphatic carbocycles. The molecular formula is C6H14BF3KN. The third-order valence-electron chi connectivity index (χ3n) is 1.39. The van der Waals surface area contributed by atoms with Gasteiger partial charge in [0.2, 0.25) is 0 Å². The SMILES string of the molecule is CN(C)CCCC[B-](F)(F)F.[K+]. The molecule has 0 aliphatic heterocycles. The van der Waals surface area contributed by atoms with Gasteiger partial charge in [-0.2, -0.15) is 0 Å². The fraction of sp³-hybridized carbons (Fsp3) is 1.00. The number of hydrogen-bond donors (Lipinski definition) is 0. The molecule has 0 bridgehead atoms. The van der Waals surface area contributed by atoms with E-state index >= 15 is 0 Å². The summed E-state index contributed by atoms with van der Waals surface area (Å²) in [6.45, 7) is -3.81. The summed E-state index contributed by atoms with van der Waals surface area (Å²) < 4.78 is 34.9. The van der Waals surface area contributed by atoms with E-state index < -0.39 is 13.3 Å². The average molecular weight is 207 g/mol. The molecule has 6 heteroatoms. The zero-order valence-corrected chi connectivity index (χ0v) is 11.1. The smallest absolute Gasteiger partial charge is 0.449 e. The van der Waals surface area contributed by atoms with Crippen LogP contribution in [0.15, 0.2) is 0 Å². The monoisotopic (exact) mass is 207 g/mol. The first-order chi connectivity index (χ1) is 4.92. The number of hydrogen-bond acceptors (Lipinski definition) is 1. The van der Waals surface area contributed by atoms with Gasteiger partial charge in [-0.15, -0.1) is 0 Å². The average Bonchev–Trinajstić information content (AvgIpc) is 1.78. The number of rotatable bonds is 5. The molecule has 12 heavy (non-hydrogen) atoms. The number of unbranched alkanes of at least 4 members (excludes halogenated alkanes) is 1. The van der Waals surface area contributed by atoms with Gasteiger partial charge >= 0.3 is 58.4 Å². The molecule has 68 valence electrons. The van der Waals surface area contributed by atoms with Crippen molar-refractivity contribution in [3.05, 3.63) is 0 Å². The molecule has 0 aliphatic rings. The Morgan fingerprint density at radius 3 is 1.92 bits per heavy atom. The van der Waals surface area contributed by atoms with Crippen LogP contribution in [-0.4, -0.2) is 32.5 Å². The van der Waals surface area contributed by atoms with E-state index in [0.29, 0.717) is 6.42 Å². The molecule has 1 nitrogen and oxygen atoms in total. The first kappa shape index (κ1) is 15.9. The summed E-state index contributed by atoms with van der Waals surface area (Å²) in [6.07, 6.45) is 0.309. The minimum Gasteiger partial charge on any atom is -0.449 e. The van der Waals surface area contributed by atoms with E-state index in [1.165, 1.54) is 0 Å². The molecule has 0 saturated carbocycles. The van der Waals surface area contributed by atoms with Crippen molar-refractivity contribution in [3.63, 3.8) is 0 Å². The van der Waals surface area contributed by atoms with Crippen LogP contribution in [0, 0.1) is 0 Å². The summed E-state index contributed by atoms with van der Waals surface area (Å²) in [5.41, 5.74) is 0. The van der Waals surface area contributed by atoms with Gasteiger partial charge in [0.05, 0.1) is 0 Å². The third kappa shape index (κ3) is 14.0. The Hall–Kier alpha value is 1.45. The Balaban J connectivity index is 0. The Labute approximate surface area is 115 Å². The normalized spacial score (nSPS) is 11.5. The zero-order valence-electron chi connectivity index (χ0n) is 7.99. The second-order valence-corrected chi connectivity index (χ2v) is 3.01. The largest absolute Gasteiger partial charge is 1.00 e. The van der Waals surface area contributed by atoms with Gasteiger partial charge in [-0.3, -0.25) is 0 Å². The topological polar surface area (TPSA) is 3.24 Å². The van der Waals surface area contributed by atoms with Crippen molar-refractivity contribution < 1.29 is 64.3 Å². The van der Waals surface area contributed by atoms with E-state index in [1.807, 2.05) is 19.0 Å². The Morgan fingerprint density at radius 2 is 1.58 bits per heavy atom. The van der Waals surface area contributed by atoms with Crippen LogP contribution in [0.25, 0.3) is 0 Å². The molecule has 0 aromatic carbocycles. The van der Waals surface area contributed by atoms with Crippen molar-refractivity contribution in [1.82, 2.24) is 4.90 Å². The summed E-state index contributed by atoms with van der Waals surface area (Å²) in [5, 5.41) is 0. The van der Waals surface area contributed by atoms with Crippen LogP contribution in [0.2, 0.25) is 6.32 Å². The standard InChI is InChI=1S/C6H14BF3N.K/c1-11(2)6-4-3-5-7(8,9)10;/h3-6H2,1-2H3;/q-1;+1. The van der Waals surface area contributed by atoms with E-state index in [4.69, 9.17) is 0 Å². The predicted molar refractivity (Wildman–Crippen MR) is 41.7 cm³/mol. The van der Waals surface area contributed by atoms with Crippen LogP contribution in [0.5, 0.6) is 0 Å². The Bertz CT molecular complexity index is 107. The van der Waals surface area contributed by atoms with Gasteiger partial charge in [0.1, 0.15) is 0 Å². The van der Waals surface area contributed by atoms with Gasteiger partial charge in [0.15, 0.2) is 0 Å². The van der Waals surface area contributed by atoms with Crippen LogP contribution >= 0.6 is 0 Å². The van der Waals surface area contributed by atoms with E-state index in [1.54, 1.807) is 0 Å². The Morgan fingerprint density at radius 1 is 1.08 bits per heavy atom. The number of nitrogens with zero attached hydrogens (tertiary/aromatic N) is 1. The summed E-state index contributed by atoms with van der Waals surface area (Å²) >= 11 is 0. The fourth-order valence-electron chi connectivity index (χ4n) is 0.804. The molecule has 0 amide bonds. The minimum atomic E-state index is -4.55. The maximum Gasteiger partial charge on any atom is 1.00 e. The van der Waals surface area contributed by atoms with Gasteiger partial charge in [0, 0.05) is 0 Å². The van der Waals surface area contributed by atoms with Crippen molar-refractivity contribution in [1.29, 1.82) is 0 Å². The molecule has 0 atom stereocenters. The van der Waals surface area contributed by atoms with Gasteiger partial charge in [-0.25, -0.2) is 0 Å². The maximum atomic E-state index is 11.6. The molecule has 0 rings (SSSR count). The Kier molecular flexibility index (Phi) is 10.4. The van der Waals surface area contributed by atoms with E-state index in [-0.39, 0.29) is 57.8 Å². The van der Waals surface area contributed by atoms with Crippen molar-refractivity contribution in [2.45, 2.75) is 19.2 Å². The molecule has 0 spiro atoms. The van der Waals surface area contributed by atoms with Crippen molar-refractivity contribution >= 4 is 6.98 Å². The fourth-order valence-corrected chi connectivity index (χ4v) is 0.804. The van der Waals surface area contributed by atoms with Gasteiger partial charge in [-0.05, 0) is 27.1 Å². The van der Waals surface area contributed by atoms with Crippen molar-refractivity contribution in [2.75, 3.05) is 20.6 Å². The zero-order chi connectivity index (χ0) is 8.91. The second-order valence-electron chi connectivity index (χ2n) is 3.01.